The highest BCUT2D eigenvalue weighted by Crippen LogP contribution is 2.41. The Hall–Kier alpha value is -1.39. The fourth-order valence-corrected chi connectivity index (χ4v) is 4.01. The normalized spacial score (nSPS) is 25.1. The highest BCUT2D eigenvalue weighted by Gasteiger charge is 2.37. The van der Waals surface area contributed by atoms with Crippen LogP contribution in [0.2, 0.25) is 0 Å². The van der Waals surface area contributed by atoms with E-state index in [1.165, 1.54) is 28.7 Å². The Morgan fingerprint density at radius 1 is 1.12 bits per heavy atom. The largest absolute Gasteiger partial charge is 0.326 e. The zero-order valence-corrected chi connectivity index (χ0v) is 16.3. The first-order valence-corrected chi connectivity index (χ1v) is 9.57. The molecule has 2 fully saturated rings. The Labute approximate surface area is 163 Å². The maximum Gasteiger partial charge on any atom is 0.0180 e. The van der Waals surface area contributed by atoms with E-state index in [0.29, 0.717) is 18.0 Å². The molecule has 4 rings (SSSR count). The van der Waals surface area contributed by atoms with Gasteiger partial charge >= 0.3 is 0 Å². The lowest BCUT2D eigenvalue weighted by atomic mass is 10.0. The van der Waals surface area contributed by atoms with E-state index in [-0.39, 0.29) is 12.4 Å². The molecule has 0 amide bonds. The number of nitrogens with one attached hydrogen (secondary N) is 1. The van der Waals surface area contributed by atoms with Crippen LogP contribution >= 0.6 is 12.4 Å². The van der Waals surface area contributed by atoms with Gasteiger partial charge in [-0.15, -0.1) is 12.4 Å². The predicted molar refractivity (Wildman–Crippen MR) is 112 cm³/mol. The summed E-state index contributed by atoms with van der Waals surface area (Å²) in [6.07, 6.45) is 2.42. The second-order valence-electron chi connectivity index (χ2n) is 7.74. The van der Waals surface area contributed by atoms with Crippen LogP contribution in [0.3, 0.4) is 0 Å². The lowest BCUT2D eigenvalue weighted by Crippen LogP contribution is -2.33. The summed E-state index contributed by atoms with van der Waals surface area (Å²) in [6, 6.07) is 18.9. The number of nitrogens with zero attached hydrogens (tertiary/aromatic N) is 1. The number of halogens is 1. The van der Waals surface area contributed by atoms with Crippen molar-refractivity contribution < 1.29 is 0 Å². The molecule has 1 aliphatic heterocycles. The number of likely N-dealkylation sites (tertiary alicyclic amines) is 1. The van der Waals surface area contributed by atoms with Gasteiger partial charge in [-0.1, -0.05) is 54.1 Å². The Morgan fingerprint density at radius 3 is 2.62 bits per heavy atom. The molecule has 140 valence electrons. The molecule has 3 atom stereocenters. The molecule has 0 radical (unpaired) electrons. The molecule has 0 aromatic heterocycles. The lowest BCUT2D eigenvalue weighted by molar-refractivity contribution is 0.331. The molecule has 0 spiro atoms. The van der Waals surface area contributed by atoms with Crippen molar-refractivity contribution in [2.45, 2.75) is 37.8 Å². The molecule has 2 aromatic rings. The monoisotopic (exact) mass is 371 g/mol. The van der Waals surface area contributed by atoms with E-state index in [0.717, 1.165) is 32.6 Å². The number of hydrogen-bond acceptors (Lipinski definition) is 3. The molecule has 2 aliphatic rings. The molecule has 26 heavy (non-hydrogen) atoms. The van der Waals surface area contributed by atoms with Crippen molar-refractivity contribution in [2.75, 3.05) is 26.2 Å². The third-order valence-electron chi connectivity index (χ3n) is 5.62. The van der Waals surface area contributed by atoms with E-state index >= 15 is 0 Å². The van der Waals surface area contributed by atoms with Crippen molar-refractivity contribution in [2.24, 2.45) is 5.73 Å². The highest BCUT2D eigenvalue weighted by atomic mass is 35.5. The zero-order valence-electron chi connectivity index (χ0n) is 15.5. The van der Waals surface area contributed by atoms with Gasteiger partial charge in [-0.2, -0.15) is 0 Å². The Morgan fingerprint density at radius 2 is 1.92 bits per heavy atom. The molecule has 0 bridgehead atoms. The number of nitrogens with two attached hydrogens (primary N) is 1. The first-order chi connectivity index (χ1) is 12.2. The summed E-state index contributed by atoms with van der Waals surface area (Å²) in [6.45, 7) is 6.58. The second kappa shape index (κ2) is 8.53. The minimum atomic E-state index is 0. The summed E-state index contributed by atoms with van der Waals surface area (Å²) in [7, 11) is 0. The van der Waals surface area contributed by atoms with Crippen LogP contribution < -0.4 is 11.1 Å². The van der Waals surface area contributed by atoms with Crippen LogP contribution in [-0.2, 0) is 0 Å². The van der Waals surface area contributed by atoms with E-state index in [9.17, 15) is 0 Å². The van der Waals surface area contributed by atoms with Crippen LogP contribution in [0.1, 0.15) is 29.9 Å². The molecule has 2 aromatic carbocycles. The van der Waals surface area contributed by atoms with Crippen molar-refractivity contribution >= 4 is 12.4 Å². The lowest BCUT2D eigenvalue weighted by Gasteiger charge is -2.15. The van der Waals surface area contributed by atoms with Crippen molar-refractivity contribution in [3.63, 3.8) is 0 Å². The molecule has 1 unspecified atom stereocenters. The van der Waals surface area contributed by atoms with Crippen molar-refractivity contribution in [1.82, 2.24) is 10.2 Å². The zero-order chi connectivity index (χ0) is 17.2. The molecule has 3 N–H and O–H groups in total. The van der Waals surface area contributed by atoms with Crippen LogP contribution in [0.25, 0.3) is 11.1 Å². The van der Waals surface area contributed by atoms with Gasteiger partial charge in [0.15, 0.2) is 0 Å². The van der Waals surface area contributed by atoms with Gasteiger partial charge in [0.25, 0.3) is 0 Å². The third-order valence-corrected chi connectivity index (χ3v) is 5.62. The number of aryl methyl sites for hydroxylation is 1. The quantitative estimate of drug-likeness (QED) is 0.815. The van der Waals surface area contributed by atoms with Crippen LogP contribution in [-0.4, -0.2) is 43.2 Å². The molecule has 1 saturated carbocycles. The molecule has 3 nitrogen and oxygen atoms in total. The Bertz CT molecular complexity index is 716. The molecular weight excluding hydrogens is 342 g/mol. The fourth-order valence-electron chi connectivity index (χ4n) is 4.01. The minimum absolute atomic E-state index is 0. The van der Waals surface area contributed by atoms with Gasteiger partial charge in [-0.05, 0) is 43.0 Å². The van der Waals surface area contributed by atoms with Crippen LogP contribution in [0.15, 0.2) is 48.5 Å². The standard InChI is InChI=1S/C22H29N3.ClH/c1-16-3-2-4-19(13-16)17-5-7-18(8-6-17)21-14-22(21)24-10-12-25-11-9-20(23)15-25;/h2-8,13,20-22,24H,9-12,14-15,23H2,1H3;1H/t20-,21?,22-;/m0./s1. The number of rotatable bonds is 6. The van der Waals surface area contributed by atoms with E-state index in [2.05, 4.69) is 65.7 Å². The maximum atomic E-state index is 5.97. The fraction of sp³-hybridized carbons (Fsp3) is 0.455. The van der Waals surface area contributed by atoms with E-state index in [4.69, 9.17) is 5.73 Å². The number of hydrogen-bond donors (Lipinski definition) is 2. The van der Waals surface area contributed by atoms with Crippen molar-refractivity contribution in [3.8, 4) is 11.1 Å². The average molecular weight is 372 g/mol. The molecule has 1 saturated heterocycles. The smallest absolute Gasteiger partial charge is 0.0180 e. The van der Waals surface area contributed by atoms with Gasteiger partial charge in [0.1, 0.15) is 0 Å². The van der Waals surface area contributed by atoms with E-state index < -0.39 is 0 Å². The summed E-state index contributed by atoms with van der Waals surface area (Å²) in [4.78, 5) is 2.48. The van der Waals surface area contributed by atoms with Gasteiger partial charge in [0.05, 0.1) is 0 Å². The molecule has 1 aliphatic carbocycles. The summed E-state index contributed by atoms with van der Waals surface area (Å²) in [5.74, 6) is 0.687. The van der Waals surface area contributed by atoms with Crippen molar-refractivity contribution in [1.29, 1.82) is 0 Å². The van der Waals surface area contributed by atoms with E-state index in [1.54, 1.807) is 0 Å². The SMILES string of the molecule is Cc1cccc(-c2ccc(C3C[C@@H]3NCCN3CC[C@H](N)C3)cc2)c1.Cl. The van der Waals surface area contributed by atoms with Gasteiger partial charge in [-0.25, -0.2) is 0 Å². The maximum absolute atomic E-state index is 5.97. The Balaban J connectivity index is 0.00000196. The topological polar surface area (TPSA) is 41.3 Å². The minimum Gasteiger partial charge on any atom is -0.326 e. The van der Waals surface area contributed by atoms with Crippen LogP contribution in [0, 0.1) is 6.92 Å². The molecule has 4 heteroatoms. The number of benzene rings is 2. The van der Waals surface area contributed by atoms with Gasteiger partial charge in [0, 0.05) is 37.6 Å². The molecular formula is C22H30ClN3. The summed E-state index contributed by atoms with van der Waals surface area (Å²) in [5, 5.41) is 3.72. The molecule has 1 heterocycles. The predicted octanol–water partition coefficient (Wildman–Crippen LogP) is 3.56. The van der Waals surface area contributed by atoms with Gasteiger partial charge in [-0.3, -0.25) is 0 Å². The summed E-state index contributed by atoms with van der Waals surface area (Å²) in [5.41, 5.74) is 11.4. The third kappa shape index (κ3) is 4.66. The summed E-state index contributed by atoms with van der Waals surface area (Å²) < 4.78 is 0. The second-order valence-corrected chi connectivity index (χ2v) is 7.74. The van der Waals surface area contributed by atoms with Crippen LogP contribution in [0.4, 0.5) is 0 Å². The van der Waals surface area contributed by atoms with Gasteiger partial charge < -0.3 is 16.0 Å². The highest BCUT2D eigenvalue weighted by molar-refractivity contribution is 5.85. The summed E-state index contributed by atoms with van der Waals surface area (Å²) >= 11 is 0. The first-order valence-electron chi connectivity index (χ1n) is 9.57. The van der Waals surface area contributed by atoms with E-state index in [1.807, 2.05) is 0 Å². The first kappa shape index (κ1) is 19.4. The Kier molecular flexibility index (Phi) is 6.36. The van der Waals surface area contributed by atoms with Crippen LogP contribution in [0.5, 0.6) is 0 Å². The van der Waals surface area contributed by atoms with Gasteiger partial charge in [0.2, 0.25) is 0 Å². The average Bonchev–Trinajstić information content (AvgIpc) is 3.27. The van der Waals surface area contributed by atoms with Crippen molar-refractivity contribution in [3.05, 3.63) is 59.7 Å².